The van der Waals surface area contributed by atoms with E-state index in [1.54, 1.807) is 18.2 Å². The molecular formula is C32H40N4O7. The van der Waals surface area contributed by atoms with Gasteiger partial charge in [-0.1, -0.05) is 31.4 Å². The third-order valence-corrected chi connectivity index (χ3v) is 9.05. The molecule has 2 aromatic carbocycles. The van der Waals surface area contributed by atoms with Gasteiger partial charge in [0, 0.05) is 31.7 Å². The van der Waals surface area contributed by atoms with Crippen LogP contribution in [0.5, 0.6) is 17.2 Å². The molecule has 0 spiro atoms. The highest BCUT2D eigenvalue weighted by Crippen LogP contribution is 2.37. The number of nitrogens with one attached hydrogen (secondary N) is 2. The molecule has 3 amide bonds. The molecule has 0 radical (unpaired) electrons. The van der Waals surface area contributed by atoms with Gasteiger partial charge >= 0.3 is 0 Å². The van der Waals surface area contributed by atoms with Crippen molar-refractivity contribution in [2.75, 3.05) is 53.1 Å². The lowest BCUT2D eigenvalue weighted by molar-refractivity contribution is -0.150. The maximum Gasteiger partial charge on any atom is 0.258 e. The van der Waals surface area contributed by atoms with Gasteiger partial charge in [-0.05, 0) is 48.7 Å². The van der Waals surface area contributed by atoms with E-state index < -0.39 is 17.7 Å². The summed E-state index contributed by atoms with van der Waals surface area (Å²) in [6.45, 7) is 3.57. The van der Waals surface area contributed by atoms with Crippen molar-refractivity contribution in [2.45, 2.75) is 56.3 Å². The highest BCUT2D eigenvalue weighted by Gasteiger charge is 2.50. The summed E-state index contributed by atoms with van der Waals surface area (Å²) in [5, 5.41) is 5.98. The lowest BCUT2D eigenvalue weighted by Gasteiger charge is -2.48. The van der Waals surface area contributed by atoms with Gasteiger partial charge < -0.3 is 34.5 Å². The second-order valence-corrected chi connectivity index (χ2v) is 11.7. The second kappa shape index (κ2) is 12.8. The summed E-state index contributed by atoms with van der Waals surface area (Å²) in [5.74, 6) is 0.830. The van der Waals surface area contributed by atoms with Crippen LogP contribution in [-0.4, -0.2) is 98.3 Å². The second-order valence-electron chi connectivity index (χ2n) is 11.7. The van der Waals surface area contributed by atoms with Gasteiger partial charge in [-0.25, -0.2) is 0 Å². The summed E-state index contributed by atoms with van der Waals surface area (Å²) in [4.78, 5) is 44.7. The lowest BCUT2D eigenvalue weighted by atomic mass is 9.78. The average Bonchev–Trinajstić information content (AvgIpc) is 3.44. The van der Waals surface area contributed by atoms with Crippen molar-refractivity contribution in [3.8, 4) is 17.2 Å². The van der Waals surface area contributed by atoms with Crippen LogP contribution in [0.25, 0.3) is 0 Å². The van der Waals surface area contributed by atoms with Crippen LogP contribution >= 0.6 is 0 Å². The molecule has 43 heavy (non-hydrogen) atoms. The van der Waals surface area contributed by atoms with E-state index in [9.17, 15) is 14.4 Å². The van der Waals surface area contributed by atoms with Crippen molar-refractivity contribution in [3.63, 3.8) is 0 Å². The van der Waals surface area contributed by atoms with Crippen LogP contribution in [0.1, 0.15) is 48.0 Å². The van der Waals surface area contributed by atoms with Gasteiger partial charge in [-0.15, -0.1) is 0 Å². The van der Waals surface area contributed by atoms with Crippen LogP contribution in [-0.2, 0) is 20.9 Å². The molecule has 3 fully saturated rings. The molecule has 7 rings (SSSR count). The highest BCUT2D eigenvalue weighted by molar-refractivity contribution is 5.95. The predicted molar refractivity (Wildman–Crippen MR) is 157 cm³/mol. The number of morpholine rings is 1. The Kier molecular flexibility index (Phi) is 8.71. The normalized spacial score (nSPS) is 24.5. The van der Waals surface area contributed by atoms with Crippen molar-refractivity contribution in [1.82, 2.24) is 20.4 Å². The Morgan fingerprint density at radius 1 is 1.00 bits per heavy atom. The Labute approximate surface area is 251 Å². The van der Waals surface area contributed by atoms with Gasteiger partial charge in [-0.3, -0.25) is 19.3 Å². The summed E-state index contributed by atoms with van der Waals surface area (Å²) in [6, 6.07) is 11.9. The van der Waals surface area contributed by atoms with Crippen LogP contribution in [0, 0.1) is 0 Å². The number of nitrogens with zero attached hydrogens (tertiary/aromatic N) is 2. The van der Waals surface area contributed by atoms with E-state index in [4.69, 9.17) is 18.9 Å². The zero-order valence-electron chi connectivity index (χ0n) is 24.6. The van der Waals surface area contributed by atoms with Crippen molar-refractivity contribution in [1.29, 1.82) is 0 Å². The molecule has 0 unspecified atom stereocenters. The molecule has 11 heteroatoms. The first-order valence-corrected chi connectivity index (χ1v) is 15.2. The lowest BCUT2D eigenvalue weighted by Crippen LogP contribution is -2.63. The quantitative estimate of drug-likeness (QED) is 0.557. The topological polar surface area (TPSA) is 119 Å². The van der Waals surface area contributed by atoms with E-state index in [1.165, 1.54) is 7.11 Å². The summed E-state index contributed by atoms with van der Waals surface area (Å²) < 4.78 is 23.2. The number of benzene rings is 2. The number of carbonyl (C=O) groups is 3. The third-order valence-electron chi connectivity index (χ3n) is 9.05. The van der Waals surface area contributed by atoms with Crippen LogP contribution in [0.3, 0.4) is 0 Å². The molecule has 4 aliphatic heterocycles. The van der Waals surface area contributed by atoms with Crippen LogP contribution in [0.4, 0.5) is 0 Å². The Balaban J connectivity index is 1.29. The monoisotopic (exact) mass is 592 g/mol. The largest absolute Gasteiger partial charge is 0.493 e. The number of fused-ring (bicyclic) bond motifs is 7. The predicted octanol–water partition coefficient (Wildman–Crippen LogP) is 2.13. The Morgan fingerprint density at radius 3 is 2.51 bits per heavy atom. The van der Waals surface area contributed by atoms with Gasteiger partial charge in [-0.2, -0.15) is 0 Å². The molecule has 2 N–H and O–H groups in total. The number of amides is 3. The fraction of sp³-hybridized carbons (Fsp3) is 0.531. The number of hydrogen-bond donors (Lipinski definition) is 2. The first-order valence-electron chi connectivity index (χ1n) is 15.2. The molecule has 4 heterocycles. The summed E-state index contributed by atoms with van der Waals surface area (Å²) in [7, 11) is 1.50. The standard InChI is InChI=1S/C32H40N4O7/c1-40-26-10-7-23-17-27(26)42-21-29(37)33-18-22-5-8-24(9-6-22)43-28-20-35(19-25(28)34-30(23)38)31(39)32(11-3-2-4-12-32)36-13-15-41-16-14-36/h5-10,17,25,28H,2-4,11-16,18-21H2,1H3,(H,33,37)(H,34,38)/t25-,28-/m0/s1. The van der Waals surface area contributed by atoms with E-state index in [1.807, 2.05) is 29.2 Å². The summed E-state index contributed by atoms with van der Waals surface area (Å²) in [5.41, 5.74) is 0.709. The molecule has 2 saturated heterocycles. The minimum atomic E-state index is -0.548. The van der Waals surface area contributed by atoms with Crippen molar-refractivity contribution < 1.29 is 33.3 Å². The molecule has 0 aromatic heterocycles. The van der Waals surface area contributed by atoms with Crippen molar-refractivity contribution in [3.05, 3.63) is 53.6 Å². The SMILES string of the molecule is COc1ccc2cc1OCC(=O)NCc1ccc(cc1)O[C@H]1CN(C(=O)C3(N4CCOCC4)CCCCC3)C[C@@H]1NC2=O. The Hall–Kier alpha value is -3.83. The highest BCUT2D eigenvalue weighted by atomic mass is 16.5. The molecule has 230 valence electrons. The van der Waals surface area contributed by atoms with Crippen LogP contribution < -0.4 is 24.8 Å². The fourth-order valence-corrected chi connectivity index (χ4v) is 6.72. The third kappa shape index (κ3) is 6.28. The van der Waals surface area contributed by atoms with Crippen molar-refractivity contribution in [2.24, 2.45) is 0 Å². The zero-order valence-corrected chi connectivity index (χ0v) is 24.6. The minimum absolute atomic E-state index is 0.118. The van der Waals surface area contributed by atoms with E-state index >= 15 is 0 Å². The molecule has 5 aliphatic rings. The van der Waals surface area contributed by atoms with Crippen LogP contribution in [0.15, 0.2) is 42.5 Å². The number of methoxy groups -OCH3 is 1. The summed E-state index contributed by atoms with van der Waals surface area (Å²) >= 11 is 0. The average molecular weight is 593 g/mol. The van der Waals surface area contributed by atoms with E-state index in [0.29, 0.717) is 55.7 Å². The number of rotatable bonds is 3. The summed E-state index contributed by atoms with van der Waals surface area (Å²) in [6.07, 6.45) is 4.39. The maximum absolute atomic E-state index is 14.4. The van der Waals surface area contributed by atoms with Crippen LogP contribution in [0.2, 0.25) is 0 Å². The molecule has 1 saturated carbocycles. The first kappa shape index (κ1) is 29.3. The molecule has 1 aliphatic carbocycles. The zero-order chi connectivity index (χ0) is 29.8. The Morgan fingerprint density at radius 2 is 1.77 bits per heavy atom. The Bertz CT molecular complexity index is 1320. The minimum Gasteiger partial charge on any atom is -0.493 e. The number of likely N-dealkylation sites (tertiary alicyclic amines) is 1. The smallest absolute Gasteiger partial charge is 0.258 e. The molecule has 2 atom stereocenters. The van der Waals surface area contributed by atoms with Gasteiger partial charge in [0.25, 0.3) is 11.8 Å². The van der Waals surface area contributed by atoms with Gasteiger partial charge in [0.1, 0.15) is 17.4 Å². The van der Waals surface area contributed by atoms with E-state index in [2.05, 4.69) is 15.5 Å². The molecule has 2 aromatic rings. The number of carbonyl (C=O) groups excluding carboxylic acids is 3. The molecule has 11 nitrogen and oxygen atoms in total. The van der Waals surface area contributed by atoms with Gasteiger partial charge in [0.15, 0.2) is 18.1 Å². The number of hydrogen-bond acceptors (Lipinski definition) is 8. The van der Waals surface area contributed by atoms with Crippen molar-refractivity contribution >= 4 is 17.7 Å². The number of ether oxygens (including phenoxy) is 4. The molecular weight excluding hydrogens is 552 g/mol. The van der Waals surface area contributed by atoms with E-state index in [0.717, 1.165) is 50.8 Å². The fourth-order valence-electron chi connectivity index (χ4n) is 6.72. The van der Waals surface area contributed by atoms with E-state index in [-0.39, 0.29) is 24.3 Å². The first-order chi connectivity index (χ1) is 20.9. The molecule has 4 bridgehead atoms. The maximum atomic E-state index is 14.4. The van der Waals surface area contributed by atoms with Gasteiger partial charge in [0.05, 0.1) is 32.9 Å². The van der Waals surface area contributed by atoms with Gasteiger partial charge in [0.2, 0.25) is 5.91 Å².